The highest BCUT2D eigenvalue weighted by atomic mass is 79.9. The van der Waals surface area contributed by atoms with E-state index in [-0.39, 0.29) is 11.2 Å². The molecule has 3 heterocycles. The van der Waals surface area contributed by atoms with Gasteiger partial charge in [-0.05, 0) is 42.8 Å². The Bertz CT molecular complexity index is 1360. The Morgan fingerprint density at radius 2 is 1.86 bits per heavy atom. The number of carbonyl (C=O) groups excluding carboxylic acids is 1. The molecule has 0 saturated carbocycles. The molecule has 1 unspecified atom stereocenters. The molecular weight excluding hydrogens is 522 g/mol. The van der Waals surface area contributed by atoms with Gasteiger partial charge in [-0.2, -0.15) is 0 Å². The van der Waals surface area contributed by atoms with Crippen LogP contribution in [-0.2, 0) is 0 Å². The SMILES string of the molecule is Cc1nnc(N2C(=O)c3oc4ccc(Br)cc4c(=O)c3C2c2cccc(Br)c2)s1. The number of hydrogen-bond donors (Lipinski definition) is 0. The van der Waals surface area contributed by atoms with Crippen molar-refractivity contribution in [2.24, 2.45) is 0 Å². The molecule has 4 aromatic rings. The quantitative estimate of drug-likeness (QED) is 0.353. The largest absolute Gasteiger partial charge is 0.450 e. The standard InChI is InChI=1S/C20H11Br2N3O3S/c1-9-23-24-20(29-9)25-16(10-3-2-4-11(21)7-10)15-17(26)13-8-12(22)5-6-14(13)28-18(15)19(25)27/h2-8,16H,1H3. The summed E-state index contributed by atoms with van der Waals surface area (Å²) in [7, 11) is 0. The van der Waals surface area contributed by atoms with Crippen LogP contribution in [0.15, 0.2) is 60.6 Å². The summed E-state index contributed by atoms with van der Waals surface area (Å²) in [5, 5.41) is 9.77. The molecule has 5 rings (SSSR count). The molecule has 144 valence electrons. The molecule has 0 radical (unpaired) electrons. The Labute approximate surface area is 185 Å². The van der Waals surface area contributed by atoms with Crippen LogP contribution < -0.4 is 10.3 Å². The summed E-state index contributed by atoms with van der Waals surface area (Å²) in [6.07, 6.45) is 0. The Morgan fingerprint density at radius 3 is 2.59 bits per heavy atom. The summed E-state index contributed by atoms with van der Waals surface area (Å²) in [6.45, 7) is 1.82. The summed E-state index contributed by atoms with van der Waals surface area (Å²) >= 11 is 8.17. The fourth-order valence-corrected chi connectivity index (χ4v) is 5.01. The fourth-order valence-electron chi connectivity index (χ4n) is 3.52. The summed E-state index contributed by atoms with van der Waals surface area (Å²) in [5.74, 6) is -0.356. The third-order valence-corrected chi connectivity index (χ3v) is 6.54. The van der Waals surface area contributed by atoms with Crippen LogP contribution in [0.3, 0.4) is 0 Å². The minimum absolute atomic E-state index is 0.0441. The average molecular weight is 533 g/mol. The Hall–Kier alpha value is -2.36. The third-order valence-electron chi connectivity index (χ3n) is 4.72. The smallest absolute Gasteiger partial charge is 0.297 e. The summed E-state index contributed by atoms with van der Waals surface area (Å²) in [6, 6.07) is 12.0. The zero-order chi connectivity index (χ0) is 20.3. The predicted octanol–water partition coefficient (Wildman–Crippen LogP) is 5.23. The fraction of sp³-hybridized carbons (Fsp3) is 0.100. The van der Waals surface area contributed by atoms with Gasteiger partial charge in [0.1, 0.15) is 10.6 Å². The Morgan fingerprint density at radius 1 is 1.07 bits per heavy atom. The first-order valence-electron chi connectivity index (χ1n) is 8.59. The lowest BCUT2D eigenvalue weighted by Crippen LogP contribution is -2.29. The number of anilines is 1. The molecule has 0 saturated heterocycles. The van der Waals surface area contributed by atoms with Crippen LogP contribution in [0.2, 0.25) is 0 Å². The van der Waals surface area contributed by atoms with Gasteiger partial charge in [0.2, 0.25) is 10.9 Å². The Kier molecular flexibility index (Phi) is 4.41. The highest BCUT2D eigenvalue weighted by molar-refractivity contribution is 9.10. The molecule has 0 fully saturated rings. The van der Waals surface area contributed by atoms with Crippen LogP contribution in [0.1, 0.15) is 32.7 Å². The maximum absolute atomic E-state index is 13.5. The van der Waals surface area contributed by atoms with Crippen molar-refractivity contribution >= 4 is 65.2 Å². The minimum Gasteiger partial charge on any atom is -0.450 e. The molecule has 0 bridgehead atoms. The van der Waals surface area contributed by atoms with Gasteiger partial charge < -0.3 is 4.42 Å². The predicted molar refractivity (Wildman–Crippen MR) is 118 cm³/mol. The van der Waals surface area contributed by atoms with Crippen LogP contribution in [0.4, 0.5) is 5.13 Å². The maximum Gasteiger partial charge on any atom is 0.297 e. The van der Waals surface area contributed by atoms with Crippen molar-refractivity contribution in [3.8, 4) is 0 Å². The van der Waals surface area contributed by atoms with Crippen LogP contribution in [-0.4, -0.2) is 16.1 Å². The topological polar surface area (TPSA) is 76.3 Å². The van der Waals surface area contributed by atoms with Crippen molar-refractivity contribution in [1.29, 1.82) is 0 Å². The molecule has 6 nitrogen and oxygen atoms in total. The molecule has 9 heteroatoms. The van der Waals surface area contributed by atoms with Gasteiger partial charge in [0.25, 0.3) is 5.91 Å². The van der Waals surface area contributed by atoms with Crippen molar-refractivity contribution in [1.82, 2.24) is 10.2 Å². The minimum atomic E-state index is -0.651. The highest BCUT2D eigenvalue weighted by Gasteiger charge is 2.45. The molecule has 1 amide bonds. The van der Waals surface area contributed by atoms with Gasteiger partial charge in [-0.1, -0.05) is 55.3 Å². The average Bonchev–Trinajstić information content (AvgIpc) is 3.24. The van der Waals surface area contributed by atoms with E-state index in [1.165, 1.54) is 16.2 Å². The molecular formula is C20H11Br2N3O3S. The summed E-state index contributed by atoms with van der Waals surface area (Å²) < 4.78 is 7.53. The van der Waals surface area contributed by atoms with Crippen LogP contribution in [0.5, 0.6) is 0 Å². The molecule has 29 heavy (non-hydrogen) atoms. The number of halogens is 2. The maximum atomic E-state index is 13.5. The number of hydrogen-bond acceptors (Lipinski definition) is 6. The first-order chi connectivity index (χ1) is 13.9. The number of aromatic nitrogens is 2. The van der Waals surface area contributed by atoms with E-state index in [2.05, 4.69) is 42.1 Å². The first-order valence-corrected chi connectivity index (χ1v) is 11.0. The number of rotatable bonds is 2. The highest BCUT2D eigenvalue weighted by Crippen LogP contribution is 2.42. The van der Waals surface area contributed by atoms with Gasteiger partial charge in [-0.3, -0.25) is 14.5 Å². The molecule has 0 N–H and O–H groups in total. The zero-order valence-corrected chi connectivity index (χ0v) is 18.8. The van der Waals surface area contributed by atoms with E-state index in [9.17, 15) is 9.59 Å². The van der Waals surface area contributed by atoms with E-state index in [0.717, 1.165) is 19.5 Å². The van der Waals surface area contributed by atoms with Gasteiger partial charge in [0.05, 0.1) is 17.0 Å². The molecule has 2 aromatic heterocycles. The Balaban J connectivity index is 1.84. The zero-order valence-electron chi connectivity index (χ0n) is 14.8. The van der Waals surface area contributed by atoms with E-state index in [4.69, 9.17) is 4.42 Å². The number of amides is 1. The van der Waals surface area contributed by atoms with Gasteiger partial charge in [0.15, 0.2) is 5.43 Å². The van der Waals surface area contributed by atoms with Gasteiger partial charge in [0, 0.05) is 8.95 Å². The van der Waals surface area contributed by atoms with Gasteiger partial charge >= 0.3 is 0 Å². The van der Waals surface area contributed by atoms with Crippen molar-refractivity contribution in [2.75, 3.05) is 4.90 Å². The summed E-state index contributed by atoms with van der Waals surface area (Å²) in [5.41, 5.74) is 1.23. The molecule has 0 aliphatic carbocycles. The lowest BCUT2D eigenvalue weighted by Gasteiger charge is -2.22. The van der Waals surface area contributed by atoms with Gasteiger partial charge in [-0.15, -0.1) is 10.2 Å². The second kappa shape index (κ2) is 6.86. The van der Waals surface area contributed by atoms with E-state index in [0.29, 0.717) is 21.7 Å². The molecule has 2 aromatic carbocycles. The van der Waals surface area contributed by atoms with Gasteiger partial charge in [-0.25, -0.2) is 0 Å². The third kappa shape index (κ3) is 2.95. The molecule has 1 aliphatic rings. The lowest BCUT2D eigenvalue weighted by atomic mass is 9.99. The van der Waals surface area contributed by atoms with Crippen molar-refractivity contribution in [3.63, 3.8) is 0 Å². The van der Waals surface area contributed by atoms with Crippen LogP contribution >= 0.6 is 43.2 Å². The number of benzene rings is 2. The lowest BCUT2D eigenvalue weighted by molar-refractivity contribution is 0.0970. The molecule has 1 aliphatic heterocycles. The number of fused-ring (bicyclic) bond motifs is 2. The number of carbonyl (C=O) groups is 1. The van der Waals surface area contributed by atoms with Crippen LogP contribution in [0.25, 0.3) is 11.0 Å². The van der Waals surface area contributed by atoms with E-state index in [1.54, 1.807) is 18.2 Å². The summed E-state index contributed by atoms with van der Waals surface area (Å²) in [4.78, 5) is 28.3. The second-order valence-corrected chi connectivity index (χ2v) is 9.54. The van der Waals surface area contributed by atoms with Crippen molar-refractivity contribution in [2.45, 2.75) is 13.0 Å². The van der Waals surface area contributed by atoms with Crippen molar-refractivity contribution < 1.29 is 9.21 Å². The van der Waals surface area contributed by atoms with E-state index < -0.39 is 11.9 Å². The molecule has 1 atom stereocenters. The van der Waals surface area contributed by atoms with Crippen LogP contribution in [0, 0.1) is 6.92 Å². The number of nitrogens with zero attached hydrogens (tertiary/aromatic N) is 3. The first kappa shape index (κ1) is 18.7. The van der Waals surface area contributed by atoms with E-state index in [1.807, 2.05) is 31.2 Å². The normalized spacial score (nSPS) is 15.9. The second-order valence-electron chi connectivity index (χ2n) is 6.55. The molecule has 0 spiro atoms. The van der Waals surface area contributed by atoms with Crippen molar-refractivity contribution in [3.05, 3.63) is 83.5 Å². The number of aryl methyl sites for hydroxylation is 1. The monoisotopic (exact) mass is 531 g/mol. The van der Waals surface area contributed by atoms with E-state index >= 15 is 0 Å².